The van der Waals surface area contributed by atoms with E-state index in [0.29, 0.717) is 6.04 Å². The second-order valence-electron chi connectivity index (χ2n) is 5.11. The first-order valence-corrected chi connectivity index (χ1v) is 6.34. The number of ether oxygens (including phenoxy) is 1. The summed E-state index contributed by atoms with van der Waals surface area (Å²) in [5, 5.41) is 3.22. The molecule has 2 heterocycles. The van der Waals surface area contributed by atoms with E-state index in [1.165, 1.54) is 6.42 Å². The molecule has 0 amide bonds. The van der Waals surface area contributed by atoms with Crippen LogP contribution in [0.4, 0.5) is 0 Å². The van der Waals surface area contributed by atoms with Crippen molar-refractivity contribution in [1.29, 1.82) is 0 Å². The number of carbonyl (C=O) groups excluding carboxylic acids is 1. The molecule has 2 rings (SSSR count). The molecule has 2 saturated heterocycles. The van der Waals surface area contributed by atoms with Crippen LogP contribution in [0.1, 0.15) is 33.1 Å². The predicted molar refractivity (Wildman–Crippen MR) is 62.2 cm³/mol. The van der Waals surface area contributed by atoms with Crippen molar-refractivity contribution in [3.63, 3.8) is 0 Å². The van der Waals surface area contributed by atoms with Gasteiger partial charge in [0.2, 0.25) is 0 Å². The summed E-state index contributed by atoms with van der Waals surface area (Å²) in [6, 6.07) is 0.504. The van der Waals surface area contributed by atoms with Crippen LogP contribution in [0.25, 0.3) is 0 Å². The quantitative estimate of drug-likeness (QED) is 0.722. The molecule has 0 aromatic heterocycles. The molecule has 0 bridgehead atoms. The van der Waals surface area contributed by atoms with E-state index in [1.54, 1.807) is 0 Å². The standard InChI is InChI=1S/C12H22N2O2/c1-9(2)14-7-10(8-14)16-12(15)11-5-3-4-6-13-11/h9-11,13H,3-8H2,1-2H3/t11-/m0/s1. The van der Waals surface area contributed by atoms with Gasteiger partial charge in [-0.15, -0.1) is 0 Å². The fourth-order valence-corrected chi connectivity index (χ4v) is 2.27. The average molecular weight is 226 g/mol. The zero-order chi connectivity index (χ0) is 11.5. The third kappa shape index (κ3) is 2.74. The number of nitrogens with zero attached hydrogens (tertiary/aromatic N) is 1. The van der Waals surface area contributed by atoms with E-state index in [9.17, 15) is 4.79 Å². The molecule has 0 unspecified atom stereocenters. The topological polar surface area (TPSA) is 41.6 Å². The molecule has 4 heteroatoms. The third-order valence-corrected chi connectivity index (χ3v) is 3.48. The Kier molecular flexibility index (Phi) is 3.82. The number of hydrogen-bond acceptors (Lipinski definition) is 4. The molecule has 0 radical (unpaired) electrons. The second kappa shape index (κ2) is 5.15. The van der Waals surface area contributed by atoms with E-state index in [0.717, 1.165) is 32.5 Å². The first kappa shape index (κ1) is 11.9. The lowest BCUT2D eigenvalue weighted by Gasteiger charge is -2.41. The van der Waals surface area contributed by atoms with Crippen molar-refractivity contribution in [1.82, 2.24) is 10.2 Å². The van der Waals surface area contributed by atoms with Crippen molar-refractivity contribution in [3.05, 3.63) is 0 Å². The third-order valence-electron chi connectivity index (χ3n) is 3.48. The molecule has 0 saturated carbocycles. The smallest absolute Gasteiger partial charge is 0.323 e. The summed E-state index contributed by atoms with van der Waals surface area (Å²) >= 11 is 0. The fourth-order valence-electron chi connectivity index (χ4n) is 2.27. The van der Waals surface area contributed by atoms with Crippen molar-refractivity contribution in [3.8, 4) is 0 Å². The van der Waals surface area contributed by atoms with Gasteiger partial charge in [0, 0.05) is 19.1 Å². The zero-order valence-electron chi connectivity index (χ0n) is 10.2. The van der Waals surface area contributed by atoms with Crippen LogP contribution in [0.15, 0.2) is 0 Å². The normalized spacial score (nSPS) is 27.8. The van der Waals surface area contributed by atoms with E-state index in [1.807, 2.05) is 0 Å². The van der Waals surface area contributed by atoms with Gasteiger partial charge >= 0.3 is 5.97 Å². The van der Waals surface area contributed by atoms with Crippen LogP contribution in [0.5, 0.6) is 0 Å². The minimum atomic E-state index is -0.0538. The Balaban J connectivity index is 1.68. The largest absolute Gasteiger partial charge is 0.458 e. The minimum absolute atomic E-state index is 0.0480. The van der Waals surface area contributed by atoms with Gasteiger partial charge in [0.05, 0.1) is 0 Å². The van der Waals surface area contributed by atoms with Crippen LogP contribution in [-0.4, -0.2) is 48.7 Å². The Labute approximate surface area is 97.3 Å². The number of hydrogen-bond donors (Lipinski definition) is 1. The summed E-state index contributed by atoms with van der Waals surface area (Å²) in [6.07, 6.45) is 3.36. The highest BCUT2D eigenvalue weighted by Crippen LogP contribution is 2.17. The van der Waals surface area contributed by atoms with Crippen LogP contribution in [0.2, 0.25) is 0 Å². The van der Waals surface area contributed by atoms with Crippen molar-refractivity contribution >= 4 is 5.97 Å². The van der Waals surface area contributed by atoms with Crippen LogP contribution >= 0.6 is 0 Å². The maximum Gasteiger partial charge on any atom is 0.323 e. The highest BCUT2D eigenvalue weighted by Gasteiger charge is 2.33. The van der Waals surface area contributed by atoms with Gasteiger partial charge in [0.15, 0.2) is 0 Å². The summed E-state index contributed by atoms with van der Waals surface area (Å²) in [5.41, 5.74) is 0. The average Bonchev–Trinajstić information content (AvgIpc) is 2.23. The number of nitrogens with one attached hydrogen (secondary N) is 1. The summed E-state index contributed by atoms with van der Waals surface area (Å²) in [7, 11) is 0. The van der Waals surface area contributed by atoms with Gasteiger partial charge in [-0.05, 0) is 33.2 Å². The first-order chi connectivity index (χ1) is 7.66. The molecule has 1 atom stereocenters. The lowest BCUT2D eigenvalue weighted by molar-refractivity contribution is -0.161. The monoisotopic (exact) mass is 226 g/mol. The van der Waals surface area contributed by atoms with Gasteiger partial charge in [-0.3, -0.25) is 9.69 Å². The SMILES string of the molecule is CC(C)N1CC(OC(=O)[C@@H]2CCCCN2)C1. The van der Waals surface area contributed by atoms with Crippen molar-refractivity contribution in [2.24, 2.45) is 0 Å². The molecule has 4 nitrogen and oxygen atoms in total. The van der Waals surface area contributed by atoms with Crippen molar-refractivity contribution in [2.45, 2.75) is 51.3 Å². The summed E-state index contributed by atoms with van der Waals surface area (Å²) < 4.78 is 5.46. The lowest BCUT2D eigenvalue weighted by Crippen LogP contribution is -2.57. The molecule has 0 aromatic rings. The Morgan fingerprint density at radius 1 is 1.38 bits per heavy atom. The molecule has 0 aromatic carbocycles. The van der Waals surface area contributed by atoms with E-state index < -0.39 is 0 Å². The highest BCUT2D eigenvalue weighted by molar-refractivity contribution is 5.76. The minimum Gasteiger partial charge on any atom is -0.458 e. The van der Waals surface area contributed by atoms with Gasteiger partial charge in [0.1, 0.15) is 12.1 Å². The van der Waals surface area contributed by atoms with E-state index in [2.05, 4.69) is 24.1 Å². The Morgan fingerprint density at radius 3 is 2.69 bits per heavy atom. The molecule has 0 spiro atoms. The van der Waals surface area contributed by atoms with Crippen LogP contribution in [-0.2, 0) is 9.53 Å². The molecule has 1 N–H and O–H groups in total. The van der Waals surface area contributed by atoms with Crippen LogP contribution in [0, 0.1) is 0 Å². The fraction of sp³-hybridized carbons (Fsp3) is 0.917. The maximum absolute atomic E-state index is 11.8. The van der Waals surface area contributed by atoms with Gasteiger partial charge in [0.25, 0.3) is 0 Å². The van der Waals surface area contributed by atoms with Gasteiger partial charge < -0.3 is 10.1 Å². The molecule has 2 aliphatic heterocycles. The number of esters is 1. The number of piperidine rings is 1. The zero-order valence-corrected chi connectivity index (χ0v) is 10.2. The Hall–Kier alpha value is -0.610. The predicted octanol–water partition coefficient (Wildman–Crippen LogP) is 0.764. The Morgan fingerprint density at radius 2 is 2.12 bits per heavy atom. The molecular formula is C12H22N2O2. The van der Waals surface area contributed by atoms with E-state index in [4.69, 9.17) is 4.74 Å². The molecular weight excluding hydrogens is 204 g/mol. The van der Waals surface area contributed by atoms with Crippen LogP contribution in [0.3, 0.4) is 0 Å². The molecule has 2 fully saturated rings. The number of rotatable bonds is 3. The summed E-state index contributed by atoms with van der Waals surface area (Å²) in [4.78, 5) is 14.1. The van der Waals surface area contributed by atoms with Crippen LogP contribution < -0.4 is 5.32 Å². The molecule has 92 valence electrons. The first-order valence-electron chi connectivity index (χ1n) is 6.34. The molecule has 2 aliphatic rings. The summed E-state index contributed by atoms with van der Waals surface area (Å²) in [5.74, 6) is -0.0480. The van der Waals surface area contributed by atoms with E-state index in [-0.39, 0.29) is 18.1 Å². The number of carbonyl (C=O) groups is 1. The highest BCUT2D eigenvalue weighted by atomic mass is 16.5. The van der Waals surface area contributed by atoms with Gasteiger partial charge in [-0.2, -0.15) is 0 Å². The van der Waals surface area contributed by atoms with Crippen molar-refractivity contribution < 1.29 is 9.53 Å². The summed E-state index contributed by atoms with van der Waals surface area (Å²) in [6.45, 7) is 7.08. The Bertz CT molecular complexity index is 243. The van der Waals surface area contributed by atoms with E-state index >= 15 is 0 Å². The molecule has 16 heavy (non-hydrogen) atoms. The second-order valence-corrected chi connectivity index (χ2v) is 5.11. The lowest BCUT2D eigenvalue weighted by atomic mass is 10.0. The van der Waals surface area contributed by atoms with Crippen molar-refractivity contribution in [2.75, 3.05) is 19.6 Å². The maximum atomic E-state index is 11.8. The van der Waals surface area contributed by atoms with Gasteiger partial charge in [-0.1, -0.05) is 6.42 Å². The number of likely N-dealkylation sites (tertiary alicyclic amines) is 1. The molecule has 0 aliphatic carbocycles. The van der Waals surface area contributed by atoms with Gasteiger partial charge in [-0.25, -0.2) is 0 Å².